The van der Waals surface area contributed by atoms with E-state index in [1.54, 1.807) is 0 Å². The van der Waals surface area contributed by atoms with Crippen LogP contribution < -0.4 is 5.32 Å². The first-order valence-electron chi connectivity index (χ1n) is 8.03. The molecule has 1 aliphatic rings. The van der Waals surface area contributed by atoms with Crippen LogP contribution in [0.2, 0.25) is 0 Å². The first kappa shape index (κ1) is 15.1. The highest BCUT2D eigenvalue weighted by molar-refractivity contribution is 5.89. The molecule has 1 heterocycles. The number of hydrogen-bond donors (Lipinski definition) is 1. The molecular formula is C16H27N3O. The van der Waals surface area contributed by atoms with E-state index in [4.69, 9.17) is 0 Å². The van der Waals surface area contributed by atoms with Crippen LogP contribution in [0.15, 0.2) is 6.07 Å². The lowest BCUT2D eigenvalue weighted by Crippen LogP contribution is -2.17. The van der Waals surface area contributed by atoms with Gasteiger partial charge in [0.1, 0.15) is 5.82 Å². The number of aromatic nitrogens is 2. The topological polar surface area (TPSA) is 46.9 Å². The van der Waals surface area contributed by atoms with E-state index in [2.05, 4.69) is 17.3 Å². The van der Waals surface area contributed by atoms with Gasteiger partial charge in [-0.15, -0.1) is 0 Å². The fraction of sp³-hybridized carbons (Fsp3) is 0.750. The second-order valence-corrected chi connectivity index (χ2v) is 5.98. The Kier molecular flexibility index (Phi) is 5.62. The lowest BCUT2D eigenvalue weighted by Gasteiger charge is -2.21. The molecule has 112 valence electrons. The Morgan fingerprint density at radius 2 is 2.15 bits per heavy atom. The van der Waals surface area contributed by atoms with Crippen molar-refractivity contribution < 1.29 is 4.79 Å². The number of nitrogens with one attached hydrogen (secondary N) is 1. The molecular weight excluding hydrogens is 250 g/mol. The summed E-state index contributed by atoms with van der Waals surface area (Å²) in [4.78, 5) is 12.1. The van der Waals surface area contributed by atoms with Crippen molar-refractivity contribution in [1.82, 2.24) is 9.78 Å². The molecule has 0 atom stereocenters. The molecule has 1 aromatic rings. The van der Waals surface area contributed by atoms with Crippen molar-refractivity contribution in [2.24, 2.45) is 5.92 Å². The molecule has 2 rings (SSSR count). The van der Waals surface area contributed by atoms with Crippen LogP contribution in [0.25, 0.3) is 0 Å². The zero-order valence-corrected chi connectivity index (χ0v) is 12.8. The first-order valence-corrected chi connectivity index (χ1v) is 8.03. The third kappa shape index (κ3) is 4.36. The van der Waals surface area contributed by atoms with Gasteiger partial charge in [0.05, 0.1) is 5.69 Å². The molecule has 0 bridgehead atoms. The molecule has 20 heavy (non-hydrogen) atoms. The van der Waals surface area contributed by atoms with Gasteiger partial charge in [-0.25, -0.2) is 4.68 Å². The lowest BCUT2D eigenvalue weighted by molar-refractivity contribution is -0.116. The maximum atomic E-state index is 12.1. The molecule has 4 heteroatoms. The van der Waals surface area contributed by atoms with Crippen LogP contribution in [0.3, 0.4) is 0 Å². The van der Waals surface area contributed by atoms with Gasteiger partial charge in [-0.3, -0.25) is 4.79 Å². The third-order valence-electron chi connectivity index (χ3n) is 4.11. The van der Waals surface area contributed by atoms with Gasteiger partial charge in [-0.1, -0.05) is 39.0 Å². The van der Waals surface area contributed by atoms with Crippen LogP contribution in [0, 0.1) is 12.8 Å². The highest BCUT2D eigenvalue weighted by atomic mass is 16.1. The summed E-state index contributed by atoms with van der Waals surface area (Å²) >= 11 is 0. The van der Waals surface area contributed by atoms with Gasteiger partial charge < -0.3 is 5.32 Å². The van der Waals surface area contributed by atoms with Crippen LogP contribution in [-0.2, 0) is 11.3 Å². The van der Waals surface area contributed by atoms with Crippen molar-refractivity contribution in [3.05, 3.63) is 11.8 Å². The third-order valence-corrected chi connectivity index (χ3v) is 4.11. The molecule has 1 aliphatic carbocycles. The first-order chi connectivity index (χ1) is 9.69. The molecule has 1 fully saturated rings. The van der Waals surface area contributed by atoms with Gasteiger partial charge in [0, 0.05) is 19.0 Å². The molecule has 1 aromatic heterocycles. The van der Waals surface area contributed by atoms with Crippen molar-refractivity contribution in [1.29, 1.82) is 0 Å². The summed E-state index contributed by atoms with van der Waals surface area (Å²) in [6.45, 7) is 4.93. The minimum Gasteiger partial charge on any atom is -0.311 e. The summed E-state index contributed by atoms with van der Waals surface area (Å²) in [6, 6.07) is 1.95. The second-order valence-electron chi connectivity index (χ2n) is 5.98. The van der Waals surface area contributed by atoms with E-state index >= 15 is 0 Å². The molecule has 1 amide bonds. The largest absolute Gasteiger partial charge is 0.311 e. The van der Waals surface area contributed by atoms with Crippen LogP contribution in [0.4, 0.5) is 5.82 Å². The Morgan fingerprint density at radius 3 is 2.85 bits per heavy atom. The van der Waals surface area contributed by atoms with E-state index in [0.717, 1.165) is 36.8 Å². The van der Waals surface area contributed by atoms with Gasteiger partial charge in [-0.2, -0.15) is 5.10 Å². The summed E-state index contributed by atoms with van der Waals surface area (Å²) in [5.41, 5.74) is 0.959. The summed E-state index contributed by atoms with van der Waals surface area (Å²) in [5, 5.41) is 7.42. The van der Waals surface area contributed by atoms with Gasteiger partial charge in [0.2, 0.25) is 5.91 Å². The number of hydrogen-bond acceptors (Lipinski definition) is 2. The van der Waals surface area contributed by atoms with Gasteiger partial charge in [0.25, 0.3) is 0 Å². The van der Waals surface area contributed by atoms with Crippen molar-refractivity contribution in [2.75, 3.05) is 5.32 Å². The van der Waals surface area contributed by atoms with Gasteiger partial charge in [0.15, 0.2) is 0 Å². The highest BCUT2D eigenvalue weighted by Gasteiger charge is 2.15. The second kappa shape index (κ2) is 7.46. The SMILES string of the molecule is CCCn1nc(C)cc1NC(=O)CCC1CCCCC1. The standard InChI is InChI=1S/C16H27N3O/c1-3-11-19-15(12-13(2)18-19)17-16(20)10-9-14-7-5-4-6-8-14/h12,14H,3-11H2,1-2H3,(H,17,20). The average Bonchev–Trinajstić information content (AvgIpc) is 2.78. The predicted octanol–water partition coefficient (Wildman–Crippen LogP) is 3.90. The quantitative estimate of drug-likeness (QED) is 0.857. The van der Waals surface area contributed by atoms with Gasteiger partial charge in [-0.05, 0) is 25.7 Å². The van der Waals surface area contributed by atoms with E-state index in [1.165, 1.54) is 32.1 Å². The zero-order valence-electron chi connectivity index (χ0n) is 12.8. The lowest BCUT2D eigenvalue weighted by atomic mass is 9.86. The summed E-state index contributed by atoms with van der Waals surface area (Å²) in [5.74, 6) is 1.74. The smallest absolute Gasteiger partial charge is 0.225 e. The summed E-state index contributed by atoms with van der Waals surface area (Å²) in [6.07, 6.45) is 9.36. The Morgan fingerprint density at radius 1 is 1.40 bits per heavy atom. The van der Waals surface area contributed by atoms with E-state index < -0.39 is 0 Å². The fourth-order valence-corrected chi connectivity index (χ4v) is 3.04. The molecule has 0 aromatic carbocycles. The molecule has 0 aliphatic heterocycles. The van der Waals surface area contributed by atoms with E-state index in [-0.39, 0.29) is 5.91 Å². The molecule has 1 saturated carbocycles. The van der Waals surface area contributed by atoms with Crippen LogP contribution >= 0.6 is 0 Å². The Bertz CT molecular complexity index is 433. The molecule has 4 nitrogen and oxygen atoms in total. The van der Waals surface area contributed by atoms with E-state index in [1.807, 2.05) is 17.7 Å². The number of amides is 1. The normalized spacial score (nSPS) is 16.3. The molecule has 0 spiro atoms. The number of carbonyl (C=O) groups excluding carboxylic acids is 1. The molecule has 0 radical (unpaired) electrons. The van der Waals surface area contributed by atoms with Crippen molar-refractivity contribution in [2.45, 2.75) is 71.8 Å². The number of anilines is 1. The maximum Gasteiger partial charge on any atom is 0.225 e. The van der Waals surface area contributed by atoms with Crippen LogP contribution in [0.1, 0.15) is 64.0 Å². The summed E-state index contributed by atoms with van der Waals surface area (Å²) < 4.78 is 1.90. The predicted molar refractivity (Wildman–Crippen MR) is 81.7 cm³/mol. The van der Waals surface area contributed by atoms with Gasteiger partial charge >= 0.3 is 0 Å². The van der Waals surface area contributed by atoms with Crippen LogP contribution in [0.5, 0.6) is 0 Å². The van der Waals surface area contributed by atoms with E-state index in [0.29, 0.717) is 6.42 Å². The van der Waals surface area contributed by atoms with Crippen LogP contribution in [-0.4, -0.2) is 15.7 Å². The fourth-order valence-electron chi connectivity index (χ4n) is 3.04. The molecule has 0 unspecified atom stereocenters. The Hall–Kier alpha value is -1.32. The highest BCUT2D eigenvalue weighted by Crippen LogP contribution is 2.27. The average molecular weight is 277 g/mol. The number of rotatable bonds is 6. The molecule has 0 saturated heterocycles. The Labute approximate surface area is 121 Å². The summed E-state index contributed by atoms with van der Waals surface area (Å²) in [7, 11) is 0. The molecule has 1 N–H and O–H groups in total. The van der Waals surface area contributed by atoms with Crippen molar-refractivity contribution in [3.63, 3.8) is 0 Å². The minimum atomic E-state index is 0.132. The Balaban J connectivity index is 1.81. The maximum absolute atomic E-state index is 12.1. The monoisotopic (exact) mass is 277 g/mol. The number of nitrogens with zero attached hydrogens (tertiary/aromatic N) is 2. The van der Waals surface area contributed by atoms with E-state index in [9.17, 15) is 4.79 Å². The minimum absolute atomic E-state index is 0.132. The number of aryl methyl sites for hydroxylation is 2. The van der Waals surface area contributed by atoms with Crippen molar-refractivity contribution in [3.8, 4) is 0 Å². The number of carbonyl (C=O) groups is 1. The zero-order chi connectivity index (χ0) is 14.4. The van der Waals surface area contributed by atoms with Crippen molar-refractivity contribution >= 4 is 11.7 Å².